The lowest BCUT2D eigenvalue weighted by molar-refractivity contribution is -0.128. The average molecular weight is 290 g/mol. The van der Waals surface area contributed by atoms with Crippen LogP contribution in [0.25, 0.3) is 11.0 Å². The lowest BCUT2D eigenvalue weighted by atomic mass is 10.2. The van der Waals surface area contributed by atoms with Crippen molar-refractivity contribution in [1.29, 1.82) is 0 Å². The topological polar surface area (TPSA) is 86.1 Å². The molecule has 0 saturated heterocycles. The summed E-state index contributed by atoms with van der Waals surface area (Å²) < 4.78 is 6.86. The Morgan fingerprint density at radius 2 is 2.14 bits per heavy atom. The van der Waals surface area contributed by atoms with Gasteiger partial charge in [-0.2, -0.15) is 0 Å². The van der Waals surface area contributed by atoms with Crippen LogP contribution in [-0.4, -0.2) is 39.5 Å². The van der Waals surface area contributed by atoms with E-state index in [1.54, 1.807) is 29.8 Å². The van der Waals surface area contributed by atoms with Crippen LogP contribution in [-0.2, 0) is 16.1 Å². The standard InChI is InChI=1S/C14H18N4O3/c1-4-15-13(19)9(3)21-14(20)10-6-7-12-11(8-10)16-17-18(12)5-2/h6-9H,4-5H2,1-3H3,(H,15,19)/t9-/m1/s1. The van der Waals surface area contributed by atoms with E-state index in [1.807, 2.05) is 6.92 Å². The largest absolute Gasteiger partial charge is 0.449 e. The average Bonchev–Trinajstić information content (AvgIpc) is 2.89. The van der Waals surface area contributed by atoms with Crippen LogP contribution in [0, 0.1) is 0 Å². The van der Waals surface area contributed by atoms with Crippen molar-refractivity contribution < 1.29 is 14.3 Å². The van der Waals surface area contributed by atoms with E-state index in [-0.39, 0.29) is 5.91 Å². The number of ether oxygens (including phenoxy) is 1. The van der Waals surface area contributed by atoms with Gasteiger partial charge in [0.05, 0.1) is 11.1 Å². The summed E-state index contributed by atoms with van der Waals surface area (Å²) in [6, 6.07) is 5.03. The molecule has 0 fully saturated rings. The number of esters is 1. The van der Waals surface area contributed by atoms with Crippen molar-refractivity contribution in [2.45, 2.75) is 33.4 Å². The number of rotatable bonds is 5. The van der Waals surface area contributed by atoms with E-state index < -0.39 is 12.1 Å². The van der Waals surface area contributed by atoms with Crippen molar-refractivity contribution in [3.8, 4) is 0 Å². The molecule has 0 spiro atoms. The van der Waals surface area contributed by atoms with Crippen LogP contribution >= 0.6 is 0 Å². The molecule has 0 aliphatic heterocycles. The van der Waals surface area contributed by atoms with Gasteiger partial charge >= 0.3 is 5.97 Å². The summed E-state index contributed by atoms with van der Waals surface area (Å²) in [5.74, 6) is -0.870. The van der Waals surface area contributed by atoms with Gasteiger partial charge in [0.15, 0.2) is 6.10 Å². The quantitative estimate of drug-likeness (QED) is 0.834. The molecule has 0 saturated carbocycles. The Labute approximate surface area is 122 Å². The fourth-order valence-corrected chi connectivity index (χ4v) is 1.93. The first-order valence-electron chi connectivity index (χ1n) is 6.88. The van der Waals surface area contributed by atoms with Crippen LogP contribution in [0.5, 0.6) is 0 Å². The van der Waals surface area contributed by atoms with E-state index in [2.05, 4.69) is 15.6 Å². The minimum atomic E-state index is -0.834. The van der Waals surface area contributed by atoms with Gasteiger partial charge in [-0.1, -0.05) is 5.21 Å². The molecule has 0 bridgehead atoms. The van der Waals surface area contributed by atoms with Gasteiger partial charge in [-0.05, 0) is 39.0 Å². The molecule has 1 atom stereocenters. The van der Waals surface area contributed by atoms with Crippen LogP contribution in [0.1, 0.15) is 31.1 Å². The molecule has 1 aromatic carbocycles. The highest BCUT2D eigenvalue weighted by atomic mass is 16.5. The molecule has 0 aliphatic carbocycles. The van der Waals surface area contributed by atoms with Gasteiger partial charge in [0, 0.05) is 13.1 Å². The number of aryl methyl sites for hydroxylation is 1. The highest BCUT2D eigenvalue weighted by molar-refractivity contribution is 5.95. The molecule has 0 unspecified atom stereocenters. The van der Waals surface area contributed by atoms with Crippen molar-refractivity contribution in [3.05, 3.63) is 23.8 Å². The van der Waals surface area contributed by atoms with Crippen molar-refractivity contribution in [2.24, 2.45) is 0 Å². The first kappa shape index (κ1) is 15.0. The molecule has 2 aromatic rings. The molecule has 0 aliphatic rings. The van der Waals surface area contributed by atoms with Crippen molar-refractivity contribution in [3.63, 3.8) is 0 Å². The Balaban J connectivity index is 2.14. The van der Waals surface area contributed by atoms with E-state index >= 15 is 0 Å². The molecule has 21 heavy (non-hydrogen) atoms. The highest BCUT2D eigenvalue weighted by Crippen LogP contribution is 2.14. The van der Waals surface area contributed by atoms with Crippen LogP contribution < -0.4 is 5.32 Å². The normalized spacial score (nSPS) is 12.1. The minimum absolute atomic E-state index is 0.316. The third-order valence-electron chi connectivity index (χ3n) is 3.05. The number of carbonyl (C=O) groups is 2. The molecule has 112 valence electrons. The van der Waals surface area contributed by atoms with Gasteiger partial charge < -0.3 is 10.1 Å². The molecular weight excluding hydrogens is 272 g/mol. The number of carbonyl (C=O) groups excluding carboxylic acids is 2. The fourth-order valence-electron chi connectivity index (χ4n) is 1.93. The Kier molecular flexibility index (Phi) is 4.52. The van der Waals surface area contributed by atoms with Crippen LogP contribution in [0.15, 0.2) is 18.2 Å². The second-order valence-corrected chi connectivity index (χ2v) is 4.55. The second kappa shape index (κ2) is 6.34. The van der Waals surface area contributed by atoms with E-state index in [0.29, 0.717) is 24.2 Å². The summed E-state index contributed by atoms with van der Waals surface area (Å²) >= 11 is 0. The third kappa shape index (κ3) is 3.18. The number of hydrogen-bond donors (Lipinski definition) is 1. The summed E-state index contributed by atoms with van der Waals surface area (Å²) in [6.07, 6.45) is -0.834. The zero-order valence-electron chi connectivity index (χ0n) is 12.3. The van der Waals surface area contributed by atoms with Crippen molar-refractivity contribution in [1.82, 2.24) is 20.3 Å². The van der Waals surface area contributed by atoms with Gasteiger partial charge in [0.1, 0.15) is 5.52 Å². The fraction of sp³-hybridized carbons (Fsp3) is 0.429. The number of likely N-dealkylation sites (N-methyl/N-ethyl adjacent to an activating group) is 1. The van der Waals surface area contributed by atoms with Gasteiger partial charge in [0.25, 0.3) is 5.91 Å². The number of nitrogens with zero attached hydrogens (tertiary/aromatic N) is 3. The maximum atomic E-state index is 12.0. The first-order chi connectivity index (χ1) is 10.1. The summed E-state index contributed by atoms with van der Waals surface area (Å²) in [4.78, 5) is 23.6. The van der Waals surface area contributed by atoms with Crippen LogP contribution in [0.4, 0.5) is 0 Å². The highest BCUT2D eigenvalue weighted by Gasteiger charge is 2.19. The smallest absolute Gasteiger partial charge is 0.338 e. The van der Waals surface area contributed by atoms with E-state index in [9.17, 15) is 9.59 Å². The molecule has 7 heteroatoms. The maximum Gasteiger partial charge on any atom is 0.338 e. The van der Waals surface area contributed by atoms with E-state index in [1.165, 1.54) is 6.92 Å². The molecule has 1 heterocycles. The number of fused-ring (bicyclic) bond motifs is 1. The number of nitrogens with one attached hydrogen (secondary N) is 1. The predicted molar refractivity (Wildman–Crippen MR) is 76.8 cm³/mol. The summed E-state index contributed by atoms with van der Waals surface area (Å²) in [5, 5.41) is 10.6. The van der Waals surface area contributed by atoms with E-state index in [4.69, 9.17) is 4.74 Å². The molecule has 7 nitrogen and oxygen atoms in total. The SMILES string of the molecule is CCNC(=O)[C@@H](C)OC(=O)c1ccc2c(c1)nnn2CC. The number of aromatic nitrogens is 3. The summed E-state index contributed by atoms with van der Waals surface area (Å²) in [6.45, 7) is 6.50. The van der Waals surface area contributed by atoms with Crippen LogP contribution in [0.2, 0.25) is 0 Å². The number of benzene rings is 1. The Morgan fingerprint density at radius 1 is 1.38 bits per heavy atom. The summed E-state index contributed by atoms with van der Waals surface area (Å²) in [7, 11) is 0. The second-order valence-electron chi connectivity index (χ2n) is 4.55. The first-order valence-corrected chi connectivity index (χ1v) is 6.88. The van der Waals surface area contributed by atoms with E-state index in [0.717, 1.165) is 5.52 Å². The monoisotopic (exact) mass is 290 g/mol. The maximum absolute atomic E-state index is 12.0. The molecule has 0 radical (unpaired) electrons. The molecule has 1 N–H and O–H groups in total. The van der Waals surface area contributed by atoms with Crippen LogP contribution in [0.3, 0.4) is 0 Å². The van der Waals surface area contributed by atoms with Gasteiger partial charge in [-0.25, -0.2) is 9.48 Å². The molecular formula is C14H18N4O3. The minimum Gasteiger partial charge on any atom is -0.449 e. The number of hydrogen-bond acceptors (Lipinski definition) is 5. The lowest BCUT2D eigenvalue weighted by Crippen LogP contribution is -2.35. The summed E-state index contributed by atoms with van der Waals surface area (Å²) in [5.41, 5.74) is 1.82. The zero-order chi connectivity index (χ0) is 15.4. The Hall–Kier alpha value is -2.44. The molecule has 1 aromatic heterocycles. The van der Waals surface area contributed by atoms with Gasteiger partial charge in [-0.3, -0.25) is 4.79 Å². The Morgan fingerprint density at radius 3 is 2.81 bits per heavy atom. The van der Waals surface area contributed by atoms with Gasteiger partial charge in [-0.15, -0.1) is 5.10 Å². The Bertz CT molecular complexity index is 665. The predicted octanol–water partition coefficient (Wildman–Crippen LogP) is 1.13. The lowest BCUT2D eigenvalue weighted by Gasteiger charge is -2.12. The molecule has 1 amide bonds. The number of amides is 1. The van der Waals surface area contributed by atoms with Crippen molar-refractivity contribution >= 4 is 22.9 Å². The van der Waals surface area contributed by atoms with Gasteiger partial charge in [0.2, 0.25) is 0 Å². The third-order valence-corrected chi connectivity index (χ3v) is 3.05. The zero-order valence-corrected chi connectivity index (χ0v) is 12.3. The molecule has 2 rings (SSSR count). The van der Waals surface area contributed by atoms with Crippen molar-refractivity contribution in [2.75, 3.05) is 6.54 Å².